The van der Waals surface area contributed by atoms with Crippen molar-refractivity contribution in [3.8, 4) is 22.8 Å². The zero-order valence-corrected chi connectivity index (χ0v) is 22.3. The Kier molecular flexibility index (Phi) is 5.81. The summed E-state index contributed by atoms with van der Waals surface area (Å²) < 4.78 is 17.0. The van der Waals surface area contributed by atoms with Gasteiger partial charge in [-0.25, -0.2) is 0 Å². The number of para-hydroxylation sites is 2. The minimum Gasteiger partial charge on any atom is -0.497 e. The summed E-state index contributed by atoms with van der Waals surface area (Å²) in [5.74, 6) is 2.18. The van der Waals surface area contributed by atoms with Crippen molar-refractivity contribution in [2.75, 3.05) is 55.5 Å². The van der Waals surface area contributed by atoms with Crippen LogP contribution in [-0.4, -0.2) is 51.3 Å². The van der Waals surface area contributed by atoms with Crippen molar-refractivity contribution in [1.82, 2.24) is 5.16 Å². The van der Waals surface area contributed by atoms with Crippen molar-refractivity contribution in [2.24, 2.45) is 0 Å². The van der Waals surface area contributed by atoms with E-state index in [4.69, 9.17) is 14.0 Å². The Morgan fingerprint density at radius 1 is 0.800 bits per heavy atom. The molecule has 0 unspecified atom stereocenters. The van der Waals surface area contributed by atoms with Crippen molar-refractivity contribution in [3.63, 3.8) is 0 Å². The molecule has 1 aliphatic heterocycles. The third-order valence-corrected chi connectivity index (χ3v) is 7.77. The predicted octanol–water partition coefficient (Wildman–Crippen LogP) is 6.13. The zero-order chi connectivity index (χ0) is 27.2. The van der Waals surface area contributed by atoms with Gasteiger partial charge in [0.05, 0.1) is 42.2 Å². The molecule has 0 radical (unpaired) electrons. The van der Waals surface area contributed by atoms with Crippen LogP contribution in [-0.2, 0) is 0 Å². The number of rotatable bonds is 6. The summed E-state index contributed by atoms with van der Waals surface area (Å²) in [4.78, 5) is 18.6. The van der Waals surface area contributed by atoms with Gasteiger partial charge in [-0.3, -0.25) is 4.79 Å². The van der Waals surface area contributed by atoms with Gasteiger partial charge in [-0.2, -0.15) is 0 Å². The molecular formula is C32H28N4O4. The Balaban J connectivity index is 1.32. The topological polar surface area (TPSA) is 80.1 Å². The van der Waals surface area contributed by atoms with Gasteiger partial charge in [-0.15, -0.1) is 0 Å². The summed E-state index contributed by atoms with van der Waals surface area (Å²) in [7, 11) is 3.34. The summed E-state index contributed by atoms with van der Waals surface area (Å²) >= 11 is 0. The van der Waals surface area contributed by atoms with E-state index >= 15 is 0 Å². The van der Waals surface area contributed by atoms with E-state index in [1.807, 2.05) is 72.8 Å². The van der Waals surface area contributed by atoms with Gasteiger partial charge in [0.25, 0.3) is 0 Å². The number of aromatic nitrogens is 1. The Morgan fingerprint density at radius 3 is 2.30 bits per heavy atom. The van der Waals surface area contributed by atoms with Crippen molar-refractivity contribution in [3.05, 3.63) is 90.0 Å². The number of hydrogen-bond donors (Lipinski definition) is 1. The highest BCUT2D eigenvalue weighted by atomic mass is 16.5. The molecule has 1 aliphatic carbocycles. The van der Waals surface area contributed by atoms with Crippen LogP contribution >= 0.6 is 0 Å². The van der Waals surface area contributed by atoms with Gasteiger partial charge in [0.15, 0.2) is 11.5 Å². The van der Waals surface area contributed by atoms with Crippen LogP contribution in [0.2, 0.25) is 0 Å². The predicted molar refractivity (Wildman–Crippen MR) is 157 cm³/mol. The average Bonchev–Trinajstić information content (AvgIpc) is 3.45. The molecular weight excluding hydrogens is 504 g/mol. The summed E-state index contributed by atoms with van der Waals surface area (Å²) in [5, 5.41) is 8.79. The summed E-state index contributed by atoms with van der Waals surface area (Å²) in [5.41, 5.74) is 6.22. The number of carbonyl (C=O) groups is 1. The molecule has 0 amide bonds. The third-order valence-electron chi connectivity index (χ3n) is 7.77. The fraction of sp³-hybridized carbons (Fsp3) is 0.188. The lowest BCUT2D eigenvalue weighted by molar-refractivity contribution is 0.104. The van der Waals surface area contributed by atoms with Crippen LogP contribution in [0.15, 0.2) is 83.4 Å². The van der Waals surface area contributed by atoms with E-state index in [2.05, 4.69) is 26.3 Å². The molecule has 2 heterocycles. The minimum atomic E-state index is -0.0470. The molecule has 1 aromatic heterocycles. The largest absolute Gasteiger partial charge is 0.497 e. The van der Waals surface area contributed by atoms with Gasteiger partial charge < -0.3 is 29.1 Å². The molecule has 1 fully saturated rings. The van der Waals surface area contributed by atoms with E-state index in [9.17, 15) is 4.79 Å². The minimum absolute atomic E-state index is 0.0470. The lowest BCUT2D eigenvalue weighted by Crippen LogP contribution is -2.46. The van der Waals surface area contributed by atoms with Gasteiger partial charge in [0.2, 0.25) is 0 Å². The van der Waals surface area contributed by atoms with Crippen molar-refractivity contribution < 1.29 is 18.8 Å². The van der Waals surface area contributed by atoms with Gasteiger partial charge in [-0.1, -0.05) is 47.6 Å². The second-order valence-corrected chi connectivity index (χ2v) is 9.93. The average molecular weight is 533 g/mol. The van der Waals surface area contributed by atoms with Gasteiger partial charge >= 0.3 is 0 Å². The smallest absolute Gasteiger partial charge is 0.196 e. The van der Waals surface area contributed by atoms with Crippen LogP contribution in [0.4, 0.5) is 22.7 Å². The van der Waals surface area contributed by atoms with E-state index < -0.39 is 0 Å². The lowest BCUT2D eigenvalue weighted by Gasteiger charge is -2.38. The molecule has 8 nitrogen and oxygen atoms in total. The summed E-state index contributed by atoms with van der Waals surface area (Å²) in [6.45, 7) is 3.18. The number of piperazine rings is 1. The fourth-order valence-electron chi connectivity index (χ4n) is 5.82. The highest BCUT2D eigenvalue weighted by Crippen LogP contribution is 2.46. The van der Waals surface area contributed by atoms with E-state index in [-0.39, 0.29) is 5.78 Å². The molecule has 0 saturated carbocycles. The molecule has 2 aliphatic rings. The number of methoxy groups -OCH3 is 2. The maximum atomic E-state index is 13.9. The molecule has 4 aromatic carbocycles. The molecule has 1 N–H and O–H groups in total. The highest BCUT2D eigenvalue weighted by Gasteiger charge is 2.34. The molecule has 8 heteroatoms. The van der Waals surface area contributed by atoms with Crippen LogP contribution < -0.4 is 24.6 Å². The maximum absolute atomic E-state index is 13.9. The number of fused-ring (bicyclic) bond motifs is 2. The zero-order valence-electron chi connectivity index (χ0n) is 22.3. The second-order valence-electron chi connectivity index (χ2n) is 9.93. The monoisotopic (exact) mass is 532 g/mol. The van der Waals surface area contributed by atoms with Crippen LogP contribution in [0.1, 0.15) is 15.9 Å². The Morgan fingerprint density at radius 2 is 1.52 bits per heavy atom. The Hall–Kier alpha value is -4.98. The first-order valence-electron chi connectivity index (χ1n) is 13.3. The van der Waals surface area contributed by atoms with Crippen molar-refractivity contribution in [2.45, 2.75) is 0 Å². The van der Waals surface area contributed by atoms with Gasteiger partial charge in [-0.05, 0) is 30.3 Å². The highest BCUT2D eigenvalue weighted by molar-refractivity contribution is 6.28. The Bertz CT molecular complexity index is 1750. The number of nitrogens with one attached hydrogen (secondary N) is 1. The summed E-state index contributed by atoms with van der Waals surface area (Å²) in [6.07, 6.45) is 0. The first kappa shape index (κ1) is 24.1. The fourth-order valence-corrected chi connectivity index (χ4v) is 5.82. The molecule has 7 rings (SSSR count). The SMILES string of the molecule is COc1cccc(Nc2cc(N3CCN(c4ccccc4OC)CC3)c3noc4c3c2C(=O)c2ccccc2-4)c1. The third kappa shape index (κ3) is 3.83. The summed E-state index contributed by atoms with van der Waals surface area (Å²) in [6, 6.07) is 25.4. The van der Waals surface area contributed by atoms with E-state index in [1.165, 1.54) is 0 Å². The normalized spacial score (nSPS) is 14.3. The van der Waals surface area contributed by atoms with Crippen molar-refractivity contribution in [1.29, 1.82) is 0 Å². The second kappa shape index (κ2) is 9.64. The van der Waals surface area contributed by atoms with Crippen LogP contribution in [0.25, 0.3) is 22.2 Å². The van der Waals surface area contributed by atoms with Gasteiger partial charge in [0.1, 0.15) is 17.0 Å². The number of anilines is 4. The van der Waals surface area contributed by atoms with Crippen LogP contribution in [0, 0.1) is 0 Å². The number of hydrogen-bond acceptors (Lipinski definition) is 8. The Labute approximate surface area is 231 Å². The molecule has 40 heavy (non-hydrogen) atoms. The van der Waals surface area contributed by atoms with E-state index in [0.29, 0.717) is 28.1 Å². The standard InChI is InChI=1S/C32H28N4O4/c1-38-21-9-7-8-20(18-21)33-24-19-26(36-16-14-35(15-17-36)25-12-5-6-13-27(25)39-2)30-29-28(24)31(37)22-10-3-4-11-23(22)32(29)40-34-30/h3-13,18-19,33H,14-17H2,1-2H3. The van der Waals surface area contributed by atoms with Crippen molar-refractivity contribution >= 4 is 39.4 Å². The van der Waals surface area contributed by atoms with E-state index in [0.717, 1.165) is 65.7 Å². The molecule has 0 bridgehead atoms. The number of nitrogens with zero attached hydrogens (tertiary/aromatic N) is 3. The lowest BCUT2D eigenvalue weighted by atomic mass is 9.86. The number of ketones is 1. The number of benzene rings is 4. The molecule has 1 saturated heterocycles. The maximum Gasteiger partial charge on any atom is 0.196 e. The quantitative estimate of drug-likeness (QED) is 0.275. The first-order chi connectivity index (χ1) is 19.7. The molecule has 0 atom stereocenters. The number of carbonyl (C=O) groups excluding carboxylic acids is 1. The molecule has 200 valence electrons. The van der Waals surface area contributed by atoms with Crippen LogP contribution in [0.3, 0.4) is 0 Å². The van der Waals surface area contributed by atoms with Gasteiger partial charge in [0, 0.05) is 49.1 Å². The molecule has 5 aromatic rings. The molecule has 0 spiro atoms. The number of ether oxygens (including phenoxy) is 2. The first-order valence-corrected chi connectivity index (χ1v) is 13.3. The van der Waals surface area contributed by atoms with E-state index in [1.54, 1.807) is 14.2 Å². The van der Waals surface area contributed by atoms with Crippen LogP contribution in [0.5, 0.6) is 11.5 Å².